The van der Waals surface area contributed by atoms with Gasteiger partial charge in [0.2, 0.25) is 5.91 Å². The van der Waals surface area contributed by atoms with Gasteiger partial charge in [-0.1, -0.05) is 24.3 Å². The molecule has 4 nitrogen and oxygen atoms in total. The molecule has 2 aliphatic heterocycles. The van der Waals surface area contributed by atoms with Crippen LogP contribution in [-0.4, -0.2) is 54.5 Å². The van der Waals surface area contributed by atoms with Crippen LogP contribution in [0.2, 0.25) is 0 Å². The van der Waals surface area contributed by atoms with Crippen molar-refractivity contribution in [1.29, 1.82) is 0 Å². The average molecular weight is 301 g/mol. The molecule has 4 heteroatoms. The Morgan fingerprint density at radius 2 is 1.73 bits per heavy atom. The monoisotopic (exact) mass is 301 g/mol. The van der Waals surface area contributed by atoms with Gasteiger partial charge in [0.15, 0.2) is 0 Å². The van der Waals surface area contributed by atoms with Crippen molar-refractivity contribution in [2.45, 2.75) is 44.2 Å². The summed E-state index contributed by atoms with van der Waals surface area (Å²) in [5.41, 5.74) is 8.60. The van der Waals surface area contributed by atoms with Crippen molar-refractivity contribution in [3.05, 3.63) is 35.4 Å². The quantitative estimate of drug-likeness (QED) is 0.919. The van der Waals surface area contributed by atoms with Crippen LogP contribution in [0, 0.1) is 0 Å². The number of carbonyl (C=O) groups excluding carboxylic acids is 1. The van der Waals surface area contributed by atoms with Gasteiger partial charge in [-0.3, -0.25) is 9.69 Å². The van der Waals surface area contributed by atoms with Gasteiger partial charge in [0.05, 0.1) is 0 Å². The van der Waals surface area contributed by atoms with Crippen molar-refractivity contribution in [3.63, 3.8) is 0 Å². The molecule has 1 amide bonds. The second-order valence-electron chi connectivity index (χ2n) is 6.64. The van der Waals surface area contributed by atoms with Crippen LogP contribution in [0.25, 0.3) is 0 Å². The van der Waals surface area contributed by atoms with E-state index < -0.39 is 0 Å². The lowest BCUT2D eigenvalue weighted by atomic mass is 10.0. The van der Waals surface area contributed by atoms with Gasteiger partial charge in [-0.05, 0) is 43.9 Å². The molecule has 2 atom stereocenters. The van der Waals surface area contributed by atoms with E-state index in [2.05, 4.69) is 41.1 Å². The predicted molar refractivity (Wildman–Crippen MR) is 88.7 cm³/mol. The van der Waals surface area contributed by atoms with Crippen LogP contribution >= 0.6 is 0 Å². The third-order valence-electron chi connectivity index (χ3n) is 5.44. The second-order valence-corrected chi connectivity index (χ2v) is 6.64. The van der Waals surface area contributed by atoms with Crippen LogP contribution < -0.4 is 5.73 Å². The molecular formula is C18H27N3O. The first-order valence-corrected chi connectivity index (χ1v) is 8.45. The lowest BCUT2D eigenvalue weighted by molar-refractivity contribution is -0.132. The molecule has 0 saturated carbocycles. The Morgan fingerprint density at radius 3 is 2.27 bits per heavy atom. The lowest BCUT2D eigenvalue weighted by Crippen LogP contribution is -2.41. The Morgan fingerprint density at radius 1 is 1.14 bits per heavy atom. The van der Waals surface area contributed by atoms with E-state index >= 15 is 0 Å². The Labute approximate surface area is 133 Å². The van der Waals surface area contributed by atoms with Gasteiger partial charge >= 0.3 is 0 Å². The van der Waals surface area contributed by atoms with E-state index in [1.807, 2.05) is 0 Å². The van der Waals surface area contributed by atoms with Crippen LogP contribution in [0.4, 0.5) is 0 Å². The first-order valence-electron chi connectivity index (χ1n) is 8.45. The second kappa shape index (κ2) is 6.80. The summed E-state index contributed by atoms with van der Waals surface area (Å²) < 4.78 is 0. The summed E-state index contributed by atoms with van der Waals surface area (Å²) in [5, 5.41) is 0. The fraction of sp³-hybridized carbons (Fsp3) is 0.611. The maximum absolute atomic E-state index is 12.7. The zero-order valence-corrected chi connectivity index (χ0v) is 13.5. The number of hydrogen-bond donors (Lipinski definition) is 1. The maximum Gasteiger partial charge on any atom is 0.224 e. The number of nitrogens with two attached hydrogens (primary N) is 1. The number of likely N-dealkylation sites (N-methyl/N-ethyl adjacent to an activating group) is 1. The highest BCUT2D eigenvalue weighted by Crippen LogP contribution is 2.25. The van der Waals surface area contributed by atoms with Crippen LogP contribution in [0.5, 0.6) is 0 Å². The molecule has 1 saturated heterocycles. The molecule has 22 heavy (non-hydrogen) atoms. The highest BCUT2D eigenvalue weighted by Gasteiger charge is 2.32. The smallest absolute Gasteiger partial charge is 0.224 e. The van der Waals surface area contributed by atoms with Gasteiger partial charge in [0.25, 0.3) is 0 Å². The maximum atomic E-state index is 12.7. The number of likely N-dealkylation sites (tertiary alicyclic amines) is 1. The van der Waals surface area contributed by atoms with E-state index in [-0.39, 0.29) is 0 Å². The van der Waals surface area contributed by atoms with Crippen LogP contribution in [0.1, 0.15) is 30.4 Å². The zero-order valence-electron chi connectivity index (χ0n) is 13.5. The molecule has 0 spiro atoms. The summed E-state index contributed by atoms with van der Waals surface area (Å²) in [6.07, 6.45) is 4.82. The van der Waals surface area contributed by atoms with Crippen LogP contribution in [0.3, 0.4) is 0 Å². The third-order valence-corrected chi connectivity index (χ3v) is 5.44. The van der Waals surface area contributed by atoms with Crippen molar-refractivity contribution >= 4 is 5.91 Å². The van der Waals surface area contributed by atoms with E-state index in [0.717, 1.165) is 38.8 Å². The van der Waals surface area contributed by atoms with E-state index in [1.165, 1.54) is 11.1 Å². The number of nitrogens with zero attached hydrogens (tertiary/aromatic N) is 2. The first-order chi connectivity index (χ1) is 10.7. The van der Waals surface area contributed by atoms with Gasteiger partial charge in [-0.15, -0.1) is 0 Å². The summed E-state index contributed by atoms with van der Waals surface area (Å²) in [5.74, 6) is 0.308. The number of fused-ring (bicyclic) bond motifs is 1. The van der Waals surface area contributed by atoms with E-state index in [9.17, 15) is 4.79 Å². The first kappa shape index (κ1) is 15.5. The van der Waals surface area contributed by atoms with Crippen molar-refractivity contribution in [3.8, 4) is 0 Å². The van der Waals surface area contributed by atoms with E-state index in [1.54, 1.807) is 0 Å². The standard InChI is InChI=1S/C18H27N3O/c1-20-16(6-7-17(20)13-19)12-18(22)21-10-8-14-4-2-3-5-15(14)9-11-21/h2-5,16-17H,6-13,19H2,1H3/t16-,17+/m0/s1. The van der Waals surface area contributed by atoms with Crippen molar-refractivity contribution in [2.75, 3.05) is 26.7 Å². The minimum Gasteiger partial charge on any atom is -0.342 e. The highest BCUT2D eigenvalue weighted by atomic mass is 16.2. The summed E-state index contributed by atoms with van der Waals surface area (Å²) in [7, 11) is 2.11. The third kappa shape index (κ3) is 3.18. The summed E-state index contributed by atoms with van der Waals surface area (Å²) in [6, 6.07) is 9.39. The predicted octanol–water partition coefficient (Wildman–Crippen LogP) is 1.43. The molecular weight excluding hydrogens is 274 g/mol. The number of rotatable bonds is 3. The normalized spacial score (nSPS) is 25.8. The molecule has 0 aliphatic carbocycles. The van der Waals surface area contributed by atoms with Crippen molar-refractivity contribution < 1.29 is 4.79 Å². The summed E-state index contributed by atoms with van der Waals surface area (Å²) in [6.45, 7) is 2.40. The molecule has 0 bridgehead atoms. The minimum absolute atomic E-state index is 0.308. The summed E-state index contributed by atoms with van der Waals surface area (Å²) >= 11 is 0. The largest absolute Gasteiger partial charge is 0.342 e. The number of hydrogen-bond acceptors (Lipinski definition) is 3. The molecule has 1 aromatic carbocycles. The Hall–Kier alpha value is -1.39. The van der Waals surface area contributed by atoms with Gasteiger partial charge < -0.3 is 10.6 Å². The molecule has 0 radical (unpaired) electrons. The van der Waals surface area contributed by atoms with Gasteiger partial charge in [0, 0.05) is 38.1 Å². The van der Waals surface area contributed by atoms with Crippen LogP contribution in [-0.2, 0) is 17.6 Å². The molecule has 120 valence electrons. The van der Waals surface area contributed by atoms with E-state index in [4.69, 9.17) is 5.73 Å². The topological polar surface area (TPSA) is 49.6 Å². The molecule has 3 rings (SSSR count). The van der Waals surface area contributed by atoms with Crippen molar-refractivity contribution in [2.24, 2.45) is 5.73 Å². The zero-order chi connectivity index (χ0) is 15.5. The molecule has 2 N–H and O–H groups in total. The minimum atomic E-state index is 0.308. The number of carbonyl (C=O) groups is 1. The Kier molecular flexibility index (Phi) is 4.79. The van der Waals surface area contributed by atoms with Gasteiger partial charge in [-0.25, -0.2) is 0 Å². The SMILES string of the molecule is CN1[C@@H](CN)CC[C@H]1CC(=O)N1CCc2ccccc2CC1. The number of amides is 1. The fourth-order valence-electron chi connectivity index (χ4n) is 3.87. The average Bonchev–Trinajstić information content (AvgIpc) is 2.75. The summed E-state index contributed by atoms with van der Waals surface area (Å²) in [4.78, 5) is 17.0. The lowest BCUT2D eigenvalue weighted by Gasteiger charge is -2.27. The molecule has 1 aromatic rings. The Bertz CT molecular complexity index is 504. The van der Waals surface area contributed by atoms with Gasteiger partial charge in [-0.2, -0.15) is 0 Å². The molecule has 2 aliphatic rings. The Balaban J connectivity index is 1.58. The van der Waals surface area contributed by atoms with Crippen LogP contribution in [0.15, 0.2) is 24.3 Å². The molecule has 0 unspecified atom stereocenters. The highest BCUT2D eigenvalue weighted by molar-refractivity contribution is 5.77. The van der Waals surface area contributed by atoms with Crippen molar-refractivity contribution in [1.82, 2.24) is 9.80 Å². The van der Waals surface area contributed by atoms with E-state index in [0.29, 0.717) is 31.0 Å². The van der Waals surface area contributed by atoms with Gasteiger partial charge in [0.1, 0.15) is 0 Å². The molecule has 1 fully saturated rings. The fourth-order valence-corrected chi connectivity index (χ4v) is 3.87. The number of benzene rings is 1. The molecule has 2 heterocycles. The molecule has 0 aromatic heterocycles.